The maximum Gasteiger partial charge on any atom is 0.220 e. The molecule has 5 heteroatoms. The van der Waals surface area contributed by atoms with Crippen molar-refractivity contribution in [2.24, 2.45) is 0 Å². The first-order chi connectivity index (χ1) is 14.2. The van der Waals surface area contributed by atoms with Crippen LogP contribution >= 0.6 is 0 Å². The van der Waals surface area contributed by atoms with Crippen molar-refractivity contribution < 1.29 is 14.3 Å². The lowest BCUT2D eigenvalue weighted by atomic mass is 9.87. The van der Waals surface area contributed by atoms with Gasteiger partial charge in [0.2, 0.25) is 5.91 Å². The van der Waals surface area contributed by atoms with E-state index >= 15 is 0 Å². The van der Waals surface area contributed by atoms with E-state index in [0.29, 0.717) is 19.6 Å². The second kappa shape index (κ2) is 10.1. The molecular formula is C24H30N2O3. The molecule has 1 unspecified atom stereocenters. The van der Waals surface area contributed by atoms with Crippen LogP contribution in [0.3, 0.4) is 0 Å². The molecule has 0 saturated carbocycles. The summed E-state index contributed by atoms with van der Waals surface area (Å²) in [5, 5.41) is 4.20. The van der Waals surface area contributed by atoms with Gasteiger partial charge in [-0.2, -0.15) is 0 Å². The molecule has 1 heterocycles. The molecule has 154 valence electrons. The van der Waals surface area contributed by atoms with Gasteiger partial charge in [-0.05, 0) is 41.7 Å². The van der Waals surface area contributed by atoms with E-state index in [1.165, 1.54) is 10.9 Å². The molecule has 3 aromatic rings. The summed E-state index contributed by atoms with van der Waals surface area (Å²) in [6, 6.07) is 14.4. The van der Waals surface area contributed by atoms with Crippen LogP contribution in [0.25, 0.3) is 10.9 Å². The van der Waals surface area contributed by atoms with Crippen LogP contribution in [0.2, 0.25) is 0 Å². The number of aryl methyl sites for hydroxylation is 1. The minimum Gasteiger partial charge on any atom is -0.497 e. The summed E-state index contributed by atoms with van der Waals surface area (Å²) >= 11 is 0. The Morgan fingerprint density at radius 1 is 1.14 bits per heavy atom. The van der Waals surface area contributed by atoms with Gasteiger partial charge in [-0.15, -0.1) is 0 Å². The molecule has 0 aliphatic carbocycles. The molecule has 2 aromatic carbocycles. The minimum absolute atomic E-state index is 0.0378. The number of aromatic nitrogens is 1. The number of para-hydroxylation sites is 1. The van der Waals surface area contributed by atoms with Crippen LogP contribution in [-0.4, -0.2) is 38.3 Å². The first kappa shape index (κ1) is 20.9. The number of ether oxygens (including phenoxy) is 2. The maximum atomic E-state index is 12.7. The first-order valence-corrected chi connectivity index (χ1v) is 10.2. The van der Waals surface area contributed by atoms with Crippen molar-refractivity contribution in [2.45, 2.75) is 32.1 Å². The molecule has 0 fully saturated rings. The predicted molar refractivity (Wildman–Crippen MR) is 117 cm³/mol. The van der Waals surface area contributed by atoms with Crippen molar-refractivity contribution in [1.29, 1.82) is 0 Å². The molecule has 1 amide bonds. The third kappa shape index (κ3) is 4.98. The average Bonchev–Trinajstić information content (AvgIpc) is 3.19. The highest BCUT2D eigenvalue weighted by atomic mass is 16.5. The number of rotatable bonds is 10. The number of aromatic amines is 1. The fourth-order valence-electron chi connectivity index (χ4n) is 3.77. The smallest absolute Gasteiger partial charge is 0.220 e. The minimum atomic E-state index is -0.0378. The number of nitrogens with one attached hydrogen (secondary N) is 2. The molecule has 0 aliphatic rings. The normalized spacial score (nSPS) is 12.1. The molecule has 0 radical (unpaired) electrons. The third-order valence-electron chi connectivity index (χ3n) is 5.35. The monoisotopic (exact) mass is 394 g/mol. The summed E-state index contributed by atoms with van der Waals surface area (Å²) in [4.78, 5) is 16.1. The zero-order chi connectivity index (χ0) is 20.6. The summed E-state index contributed by atoms with van der Waals surface area (Å²) in [7, 11) is 3.33. The largest absolute Gasteiger partial charge is 0.497 e. The van der Waals surface area contributed by atoms with Gasteiger partial charge in [0.1, 0.15) is 5.75 Å². The van der Waals surface area contributed by atoms with Crippen LogP contribution in [0, 0.1) is 0 Å². The Labute approximate surface area is 172 Å². The molecule has 3 rings (SSSR count). The van der Waals surface area contributed by atoms with Crippen molar-refractivity contribution in [3.8, 4) is 5.75 Å². The Morgan fingerprint density at radius 2 is 1.93 bits per heavy atom. The zero-order valence-electron chi connectivity index (χ0n) is 17.5. The van der Waals surface area contributed by atoms with E-state index in [0.717, 1.165) is 35.2 Å². The molecule has 1 aromatic heterocycles. The van der Waals surface area contributed by atoms with E-state index in [4.69, 9.17) is 9.47 Å². The fraction of sp³-hybridized carbons (Fsp3) is 0.375. The summed E-state index contributed by atoms with van der Waals surface area (Å²) in [5.41, 5.74) is 4.68. The van der Waals surface area contributed by atoms with E-state index in [2.05, 4.69) is 41.6 Å². The standard InChI is InChI=1S/C24H30N2O3/c1-4-17-7-5-8-20-22(16-26-24(17)20)21(15-23(27)25-13-6-14-28-2)18-9-11-19(29-3)12-10-18/h5,7-12,16,21,26H,4,6,13-15H2,1-3H3,(H,25,27). The van der Waals surface area contributed by atoms with Gasteiger partial charge in [-0.3, -0.25) is 4.79 Å². The van der Waals surface area contributed by atoms with Gasteiger partial charge < -0.3 is 19.8 Å². The molecule has 0 bridgehead atoms. The maximum absolute atomic E-state index is 12.7. The van der Waals surface area contributed by atoms with E-state index in [-0.39, 0.29) is 11.8 Å². The summed E-state index contributed by atoms with van der Waals surface area (Å²) < 4.78 is 10.4. The van der Waals surface area contributed by atoms with Gasteiger partial charge in [-0.25, -0.2) is 0 Å². The molecule has 1 atom stereocenters. The van der Waals surface area contributed by atoms with E-state index < -0.39 is 0 Å². The summed E-state index contributed by atoms with van der Waals surface area (Å²) in [5.74, 6) is 0.816. The van der Waals surface area contributed by atoms with E-state index in [1.54, 1.807) is 14.2 Å². The Bertz CT molecular complexity index is 931. The second-order valence-corrected chi connectivity index (χ2v) is 7.16. The van der Waals surface area contributed by atoms with Crippen molar-refractivity contribution in [3.63, 3.8) is 0 Å². The summed E-state index contributed by atoms with van der Waals surface area (Å²) in [6.07, 6.45) is 4.21. The predicted octanol–water partition coefficient (Wildman–Crippen LogP) is 4.41. The van der Waals surface area contributed by atoms with Crippen molar-refractivity contribution >= 4 is 16.8 Å². The topological polar surface area (TPSA) is 63.4 Å². The highest BCUT2D eigenvalue weighted by Crippen LogP contribution is 2.35. The Balaban J connectivity index is 1.91. The van der Waals surface area contributed by atoms with E-state index in [1.807, 2.05) is 24.3 Å². The van der Waals surface area contributed by atoms with Crippen LogP contribution < -0.4 is 10.1 Å². The first-order valence-electron chi connectivity index (χ1n) is 10.2. The molecule has 0 aliphatic heterocycles. The number of carbonyl (C=O) groups is 1. The number of benzene rings is 2. The highest BCUT2D eigenvalue weighted by Gasteiger charge is 2.22. The number of amides is 1. The number of H-pyrrole nitrogens is 1. The Morgan fingerprint density at radius 3 is 2.62 bits per heavy atom. The summed E-state index contributed by atoms with van der Waals surface area (Å²) in [6.45, 7) is 3.42. The molecule has 2 N–H and O–H groups in total. The molecule has 0 saturated heterocycles. The fourth-order valence-corrected chi connectivity index (χ4v) is 3.77. The van der Waals surface area contributed by atoms with Gasteiger partial charge in [0.25, 0.3) is 0 Å². The Kier molecular flexibility index (Phi) is 7.30. The van der Waals surface area contributed by atoms with Gasteiger partial charge >= 0.3 is 0 Å². The molecule has 0 spiro atoms. The number of hydrogen-bond acceptors (Lipinski definition) is 3. The van der Waals surface area contributed by atoms with Crippen LogP contribution in [0.15, 0.2) is 48.7 Å². The van der Waals surface area contributed by atoms with Crippen LogP contribution in [0.1, 0.15) is 42.4 Å². The van der Waals surface area contributed by atoms with Crippen molar-refractivity contribution in [3.05, 3.63) is 65.4 Å². The van der Waals surface area contributed by atoms with Gasteiger partial charge in [0.05, 0.1) is 7.11 Å². The molecular weight excluding hydrogens is 364 g/mol. The number of fused-ring (bicyclic) bond motifs is 1. The quantitative estimate of drug-likeness (QED) is 0.501. The van der Waals surface area contributed by atoms with Crippen molar-refractivity contribution in [1.82, 2.24) is 10.3 Å². The van der Waals surface area contributed by atoms with Crippen LogP contribution in [0.4, 0.5) is 0 Å². The lowest BCUT2D eigenvalue weighted by Crippen LogP contribution is -2.27. The van der Waals surface area contributed by atoms with Crippen LogP contribution in [0.5, 0.6) is 5.75 Å². The highest BCUT2D eigenvalue weighted by molar-refractivity contribution is 5.88. The van der Waals surface area contributed by atoms with Gasteiger partial charge in [-0.1, -0.05) is 37.3 Å². The van der Waals surface area contributed by atoms with Gasteiger partial charge in [0, 0.05) is 49.7 Å². The number of methoxy groups -OCH3 is 2. The average molecular weight is 395 g/mol. The number of carbonyl (C=O) groups excluding carboxylic acids is 1. The third-order valence-corrected chi connectivity index (χ3v) is 5.35. The zero-order valence-corrected chi connectivity index (χ0v) is 17.5. The number of hydrogen-bond donors (Lipinski definition) is 2. The second-order valence-electron chi connectivity index (χ2n) is 7.16. The van der Waals surface area contributed by atoms with Crippen molar-refractivity contribution in [2.75, 3.05) is 27.4 Å². The SMILES string of the molecule is CCc1cccc2c(C(CC(=O)NCCCOC)c3ccc(OC)cc3)c[nH]c12. The lowest BCUT2D eigenvalue weighted by Gasteiger charge is -2.18. The van der Waals surface area contributed by atoms with E-state index in [9.17, 15) is 4.79 Å². The molecule has 29 heavy (non-hydrogen) atoms. The van der Waals surface area contributed by atoms with Gasteiger partial charge in [0.15, 0.2) is 0 Å². The Hall–Kier alpha value is -2.79. The molecule has 5 nitrogen and oxygen atoms in total. The van der Waals surface area contributed by atoms with Crippen LogP contribution in [-0.2, 0) is 16.0 Å². The lowest BCUT2D eigenvalue weighted by molar-refractivity contribution is -0.121.